The number of aromatic nitrogens is 1. The molecule has 0 atom stereocenters. The molecule has 0 aliphatic rings. The molecule has 0 aliphatic carbocycles. The average Bonchev–Trinajstić information content (AvgIpc) is 3.15. The van der Waals surface area contributed by atoms with Gasteiger partial charge in [-0.15, -0.1) is 11.3 Å². The number of thiazole rings is 1. The van der Waals surface area contributed by atoms with E-state index in [1.165, 1.54) is 6.08 Å². The summed E-state index contributed by atoms with van der Waals surface area (Å²) in [6.07, 6.45) is 3.30. The van der Waals surface area contributed by atoms with Crippen molar-refractivity contribution in [3.63, 3.8) is 0 Å². The van der Waals surface area contributed by atoms with Gasteiger partial charge in [-0.05, 0) is 48.4 Å². The van der Waals surface area contributed by atoms with Crippen molar-refractivity contribution in [1.29, 1.82) is 0 Å². The van der Waals surface area contributed by atoms with Gasteiger partial charge in [-0.2, -0.15) is 0 Å². The van der Waals surface area contributed by atoms with E-state index < -0.39 is 0 Å². The van der Waals surface area contributed by atoms with Gasteiger partial charge >= 0.3 is 0 Å². The Balaban J connectivity index is 1.45. The highest BCUT2D eigenvalue weighted by Gasteiger charge is 2.01. The van der Waals surface area contributed by atoms with E-state index in [0.29, 0.717) is 13.2 Å². The van der Waals surface area contributed by atoms with Crippen molar-refractivity contribution in [3.05, 3.63) is 81.8 Å². The molecular formula is C22H22N2O3S. The molecule has 28 heavy (non-hydrogen) atoms. The lowest BCUT2D eigenvalue weighted by molar-refractivity contribution is -0.116. The quantitative estimate of drug-likeness (QED) is 0.577. The molecule has 0 saturated carbocycles. The summed E-state index contributed by atoms with van der Waals surface area (Å²) in [7, 11) is 1.63. The van der Waals surface area contributed by atoms with E-state index in [4.69, 9.17) is 9.47 Å². The second-order valence-electron chi connectivity index (χ2n) is 6.11. The molecule has 1 amide bonds. The van der Waals surface area contributed by atoms with Crippen LogP contribution in [0, 0.1) is 6.92 Å². The van der Waals surface area contributed by atoms with E-state index in [1.54, 1.807) is 24.5 Å². The molecule has 2 aromatic carbocycles. The molecule has 144 valence electrons. The highest BCUT2D eigenvalue weighted by molar-refractivity contribution is 7.09. The third-order valence-electron chi connectivity index (χ3n) is 3.99. The first-order valence-corrected chi connectivity index (χ1v) is 9.73. The number of aryl methyl sites for hydroxylation is 1. The normalized spacial score (nSPS) is 10.8. The second kappa shape index (κ2) is 9.71. The summed E-state index contributed by atoms with van der Waals surface area (Å²) in [6.45, 7) is 2.89. The van der Waals surface area contributed by atoms with Crippen LogP contribution in [0.3, 0.4) is 0 Å². The van der Waals surface area contributed by atoms with Gasteiger partial charge in [0.2, 0.25) is 5.91 Å². The SMILES string of the molecule is COc1ccc(CNC(=O)/C=C/c2ccc(OCc3csc(C)n3)cc2)cc1. The lowest BCUT2D eigenvalue weighted by atomic mass is 10.2. The van der Waals surface area contributed by atoms with Crippen LogP contribution in [0.25, 0.3) is 6.08 Å². The van der Waals surface area contributed by atoms with Crippen molar-refractivity contribution < 1.29 is 14.3 Å². The summed E-state index contributed by atoms with van der Waals surface area (Å²) in [6, 6.07) is 15.2. The molecule has 0 aliphatic heterocycles. The van der Waals surface area contributed by atoms with E-state index in [1.807, 2.05) is 60.8 Å². The molecule has 0 fully saturated rings. The number of nitrogens with one attached hydrogen (secondary N) is 1. The molecule has 0 saturated heterocycles. The minimum atomic E-state index is -0.143. The first-order valence-electron chi connectivity index (χ1n) is 8.85. The highest BCUT2D eigenvalue weighted by Crippen LogP contribution is 2.16. The number of nitrogens with zero attached hydrogens (tertiary/aromatic N) is 1. The number of carbonyl (C=O) groups is 1. The molecule has 3 aromatic rings. The maximum atomic E-state index is 12.0. The van der Waals surface area contributed by atoms with E-state index in [-0.39, 0.29) is 5.91 Å². The van der Waals surface area contributed by atoms with Gasteiger partial charge in [0, 0.05) is 18.0 Å². The zero-order valence-corrected chi connectivity index (χ0v) is 16.7. The third-order valence-corrected chi connectivity index (χ3v) is 4.81. The zero-order valence-electron chi connectivity index (χ0n) is 15.8. The maximum Gasteiger partial charge on any atom is 0.244 e. The third kappa shape index (κ3) is 5.96. The van der Waals surface area contributed by atoms with Gasteiger partial charge in [-0.25, -0.2) is 4.98 Å². The number of methoxy groups -OCH3 is 1. The summed E-state index contributed by atoms with van der Waals surface area (Å²) < 4.78 is 10.8. The van der Waals surface area contributed by atoms with Crippen molar-refractivity contribution >= 4 is 23.3 Å². The largest absolute Gasteiger partial charge is 0.497 e. The standard InChI is InChI=1S/C22H22N2O3S/c1-16-24-19(15-28-16)14-27-21-10-3-17(4-11-21)7-12-22(25)23-13-18-5-8-20(26-2)9-6-18/h3-12,15H,13-14H2,1-2H3,(H,23,25)/b12-7+. The summed E-state index contributed by atoms with van der Waals surface area (Å²) in [5, 5.41) is 5.89. The van der Waals surface area contributed by atoms with Crippen molar-refractivity contribution in [1.82, 2.24) is 10.3 Å². The molecule has 1 heterocycles. The number of hydrogen-bond donors (Lipinski definition) is 1. The Morgan fingerprint density at radius 2 is 1.82 bits per heavy atom. The fourth-order valence-corrected chi connectivity index (χ4v) is 3.07. The monoisotopic (exact) mass is 394 g/mol. The molecule has 1 aromatic heterocycles. The van der Waals surface area contributed by atoms with E-state index in [9.17, 15) is 4.79 Å². The van der Waals surface area contributed by atoms with Crippen molar-refractivity contribution in [2.75, 3.05) is 7.11 Å². The summed E-state index contributed by atoms with van der Waals surface area (Å²) >= 11 is 1.61. The average molecular weight is 394 g/mol. The van der Waals surface area contributed by atoms with Gasteiger partial charge in [-0.3, -0.25) is 4.79 Å². The van der Waals surface area contributed by atoms with Crippen LogP contribution < -0.4 is 14.8 Å². The smallest absolute Gasteiger partial charge is 0.244 e. The van der Waals surface area contributed by atoms with E-state index in [0.717, 1.165) is 33.3 Å². The predicted molar refractivity (Wildman–Crippen MR) is 111 cm³/mol. The van der Waals surface area contributed by atoms with Gasteiger partial charge < -0.3 is 14.8 Å². The first-order chi connectivity index (χ1) is 13.6. The van der Waals surface area contributed by atoms with Crippen LogP contribution in [0.2, 0.25) is 0 Å². The highest BCUT2D eigenvalue weighted by atomic mass is 32.1. The Hall–Kier alpha value is -3.12. The molecule has 1 N–H and O–H groups in total. The molecule has 5 nitrogen and oxygen atoms in total. The van der Waals surface area contributed by atoms with Gasteiger partial charge in [0.1, 0.15) is 18.1 Å². The summed E-state index contributed by atoms with van der Waals surface area (Å²) in [5.74, 6) is 1.42. The Bertz CT molecular complexity index is 931. The van der Waals surface area contributed by atoms with Crippen molar-refractivity contribution in [2.24, 2.45) is 0 Å². The molecule has 0 bridgehead atoms. The first kappa shape index (κ1) is 19.6. The molecule has 0 unspecified atom stereocenters. The van der Waals surface area contributed by atoms with Crippen LogP contribution >= 0.6 is 11.3 Å². The second-order valence-corrected chi connectivity index (χ2v) is 7.18. The minimum absolute atomic E-state index is 0.143. The number of amides is 1. The van der Waals surface area contributed by atoms with Gasteiger partial charge in [0.05, 0.1) is 17.8 Å². The topological polar surface area (TPSA) is 60.5 Å². The van der Waals surface area contributed by atoms with Crippen LogP contribution in [0.5, 0.6) is 11.5 Å². The Kier molecular flexibility index (Phi) is 6.81. The Labute approximate surface area is 168 Å². The lowest BCUT2D eigenvalue weighted by Gasteiger charge is -2.05. The van der Waals surface area contributed by atoms with Crippen LogP contribution in [0.1, 0.15) is 21.8 Å². The van der Waals surface area contributed by atoms with Crippen molar-refractivity contribution in [2.45, 2.75) is 20.1 Å². The fraction of sp³-hybridized carbons (Fsp3) is 0.182. The van der Waals surface area contributed by atoms with E-state index in [2.05, 4.69) is 10.3 Å². The van der Waals surface area contributed by atoms with Gasteiger partial charge in [0.15, 0.2) is 0 Å². The summed E-state index contributed by atoms with van der Waals surface area (Å²) in [4.78, 5) is 16.4. The fourth-order valence-electron chi connectivity index (χ4n) is 2.47. The molecular weight excluding hydrogens is 372 g/mol. The zero-order chi connectivity index (χ0) is 19.8. The number of carbonyl (C=O) groups excluding carboxylic acids is 1. The number of hydrogen-bond acceptors (Lipinski definition) is 5. The molecule has 0 spiro atoms. The van der Waals surface area contributed by atoms with Crippen LogP contribution in [-0.2, 0) is 17.9 Å². The number of ether oxygens (including phenoxy) is 2. The number of rotatable bonds is 8. The summed E-state index contributed by atoms with van der Waals surface area (Å²) in [5.41, 5.74) is 2.87. The van der Waals surface area contributed by atoms with Crippen LogP contribution in [-0.4, -0.2) is 18.0 Å². The van der Waals surface area contributed by atoms with Crippen LogP contribution in [0.15, 0.2) is 60.0 Å². The molecule has 0 radical (unpaired) electrons. The Morgan fingerprint density at radius 1 is 1.11 bits per heavy atom. The minimum Gasteiger partial charge on any atom is -0.497 e. The molecule has 6 heteroatoms. The van der Waals surface area contributed by atoms with Gasteiger partial charge in [-0.1, -0.05) is 24.3 Å². The van der Waals surface area contributed by atoms with E-state index >= 15 is 0 Å². The van der Waals surface area contributed by atoms with Gasteiger partial charge in [0.25, 0.3) is 0 Å². The number of benzene rings is 2. The lowest BCUT2D eigenvalue weighted by Crippen LogP contribution is -2.20. The maximum absolute atomic E-state index is 12.0. The predicted octanol–water partition coefficient (Wildman–Crippen LogP) is 4.37. The molecule has 3 rings (SSSR count). The van der Waals surface area contributed by atoms with Crippen molar-refractivity contribution in [3.8, 4) is 11.5 Å². The van der Waals surface area contributed by atoms with Crippen LogP contribution in [0.4, 0.5) is 0 Å². The Morgan fingerprint density at radius 3 is 2.46 bits per heavy atom.